The average Bonchev–Trinajstić information content (AvgIpc) is 3.19. The Morgan fingerprint density at radius 3 is 2.68 bits per heavy atom. The number of nitrogens with zero attached hydrogens (tertiary/aromatic N) is 2. The summed E-state index contributed by atoms with van der Waals surface area (Å²) in [5.74, 6) is 0.744. The van der Waals surface area contributed by atoms with E-state index in [1.54, 1.807) is 11.3 Å². The number of hydrogen-bond acceptors (Lipinski definition) is 4. The van der Waals surface area contributed by atoms with Gasteiger partial charge in [0.05, 0.1) is 6.54 Å². The lowest BCUT2D eigenvalue weighted by atomic mass is 10.1. The molecule has 1 aromatic carbocycles. The van der Waals surface area contributed by atoms with E-state index in [4.69, 9.17) is 0 Å². The van der Waals surface area contributed by atoms with Crippen LogP contribution in [0.1, 0.15) is 27.7 Å². The molecule has 0 saturated heterocycles. The third-order valence-corrected chi connectivity index (χ3v) is 4.98. The summed E-state index contributed by atoms with van der Waals surface area (Å²) in [5, 5.41) is 11.7. The summed E-state index contributed by atoms with van der Waals surface area (Å²) in [5.41, 5.74) is 1.68. The number of nitrogens with one attached hydrogen (secondary N) is 3. The van der Waals surface area contributed by atoms with Gasteiger partial charge in [0.2, 0.25) is 0 Å². The minimum absolute atomic E-state index is 0.0475. The molecule has 7 heteroatoms. The first-order valence-electron chi connectivity index (χ1n) is 9.65. The van der Waals surface area contributed by atoms with Crippen molar-refractivity contribution in [1.29, 1.82) is 0 Å². The lowest BCUT2D eigenvalue weighted by molar-refractivity contribution is 0.0951. The van der Waals surface area contributed by atoms with Crippen molar-refractivity contribution in [3.05, 3.63) is 57.8 Å². The minimum atomic E-state index is -0.0475. The van der Waals surface area contributed by atoms with Gasteiger partial charge in [0.15, 0.2) is 5.96 Å². The van der Waals surface area contributed by atoms with E-state index in [-0.39, 0.29) is 5.91 Å². The zero-order valence-electron chi connectivity index (χ0n) is 17.0. The van der Waals surface area contributed by atoms with Gasteiger partial charge in [-0.05, 0) is 56.6 Å². The van der Waals surface area contributed by atoms with Crippen LogP contribution in [-0.2, 0) is 13.0 Å². The maximum absolute atomic E-state index is 12.3. The van der Waals surface area contributed by atoms with Gasteiger partial charge < -0.3 is 20.9 Å². The molecule has 28 heavy (non-hydrogen) atoms. The van der Waals surface area contributed by atoms with Crippen LogP contribution in [0.5, 0.6) is 0 Å². The summed E-state index contributed by atoms with van der Waals surface area (Å²) in [6, 6.07) is 11.9. The normalized spacial score (nSPS) is 11.5. The monoisotopic (exact) mass is 401 g/mol. The standard InChI is InChI=1S/C21H31N5OS/c1-4-22-21(24-11-10-19-9-6-14-28-19)25-16-17-7-5-8-18(15-17)20(27)23-12-13-26(2)3/h5-9,14-15H,4,10-13,16H2,1-3H3,(H,23,27)(H2,22,24,25). The van der Waals surface area contributed by atoms with Gasteiger partial charge in [-0.25, -0.2) is 4.99 Å². The summed E-state index contributed by atoms with van der Waals surface area (Å²) < 4.78 is 0. The molecule has 2 rings (SSSR count). The van der Waals surface area contributed by atoms with Gasteiger partial charge in [-0.15, -0.1) is 11.3 Å². The number of benzene rings is 1. The first kappa shape index (κ1) is 21.9. The first-order chi connectivity index (χ1) is 13.6. The molecule has 0 fully saturated rings. The second kappa shape index (κ2) is 12.2. The summed E-state index contributed by atoms with van der Waals surface area (Å²) in [6.45, 7) is 5.66. The molecular formula is C21H31N5OS. The molecule has 0 unspecified atom stereocenters. The Kier molecular flexibility index (Phi) is 9.51. The lowest BCUT2D eigenvalue weighted by Crippen LogP contribution is -2.38. The highest BCUT2D eigenvalue weighted by atomic mass is 32.1. The summed E-state index contributed by atoms with van der Waals surface area (Å²) in [4.78, 5) is 20.3. The van der Waals surface area contributed by atoms with Crippen molar-refractivity contribution >= 4 is 23.2 Å². The van der Waals surface area contributed by atoms with Gasteiger partial charge in [0.25, 0.3) is 5.91 Å². The maximum Gasteiger partial charge on any atom is 0.251 e. The first-order valence-corrected chi connectivity index (χ1v) is 10.5. The molecule has 1 heterocycles. The van der Waals surface area contributed by atoms with E-state index in [9.17, 15) is 4.79 Å². The molecule has 0 atom stereocenters. The van der Waals surface area contributed by atoms with Crippen LogP contribution >= 0.6 is 11.3 Å². The molecule has 0 spiro atoms. The molecule has 0 bridgehead atoms. The Morgan fingerprint density at radius 2 is 1.96 bits per heavy atom. The molecule has 0 radical (unpaired) electrons. The number of carbonyl (C=O) groups excluding carboxylic acids is 1. The van der Waals surface area contributed by atoms with Crippen molar-refractivity contribution in [2.24, 2.45) is 4.99 Å². The third kappa shape index (κ3) is 8.10. The van der Waals surface area contributed by atoms with Crippen LogP contribution in [0.2, 0.25) is 0 Å². The number of thiophene rings is 1. The molecule has 0 aliphatic heterocycles. The average molecular weight is 402 g/mol. The van der Waals surface area contributed by atoms with E-state index >= 15 is 0 Å². The van der Waals surface area contributed by atoms with Crippen molar-refractivity contribution in [3.63, 3.8) is 0 Å². The molecule has 0 aliphatic rings. The predicted octanol–water partition coefficient (Wildman–Crippen LogP) is 2.34. The Bertz CT molecular complexity index is 743. The van der Waals surface area contributed by atoms with Crippen molar-refractivity contribution < 1.29 is 4.79 Å². The number of likely N-dealkylation sites (N-methyl/N-ethyl adjacent to an activating group) is 1. The highest BCUT2D eigenvalue weighted by molar-refractivity contribution is 7.09. The van der Waals surface area contributed by atoms with Crippen LogP contribution in [0.4, 0.5) is 0 Å². The Labute approximate surface area is 172 Å². The second-order valence-corrected chi connectivity index (χ2v) is 7.74. The fraction of sp³-hybridized carbons (Fsp3) is 0.429. The minimum Gasteiger partial charge on any atom is -0.357 e. The molecule has 1 aromatic heterocycles. The van der Waals surface area contributed by atoms with Crippen molar-refractivity contribution in [2.45, 2.75) is 19.9 Å². The molecule has 3 N–H and O–H groups in total. The molecule has 152 valence electrons. The van der Waals surface area contributed by atoms with Crippen LogP contribution < -0.4 is 16.0 Å². The molecule has 6 nitrogen and oxygen atoms in total. The Morgan fingerprint density at radius 1 is 1.11 bits per heavy atom. The summed E-state index contributed by atoms with van der Waals surface area (Å²) >= 11 is 1.77. The van der Waals surface area contributed by atoms with Gasteiger partial charge >= 0.3 is 0 Å². The Hall–Kier alpha value is -2.38. The quantitative estimate of drug-likeness (QED) is 0.422. The van der Waals surface area contributed by atoms with Crippen molar-refractivity contribution in [3.8, 4) is 0 Å². The topological polar surface area (TPSA) is 68.8 Å². The molecule has 0 aliphatic carbocycles. The van der Waals surface area contributed by atoms with Gasteiger partial charge in [-0.1, -0.05) is 18.2 Å². The van der Waals surface area contributed by atoms with E-state index in [0.29, 0.717) is 18.7 Å². The maximum atomic E-state index is 12.3. The third-order valence-electron chi connectivity index (χ3n) is 4.04. The fourth-order valence-corrected chi connectivity index (χ4v) is 3.29. The zero-order chi connectivity index (χ0) is 20.2. The lowest BCUT2D eigenvalue weighted by Gasteiger charge is -2.12. The van der Waals surface area contributed by atoms with E-state index in [1.165, 1.54) is 4.88 Å². The van der Waals surface area contributed by atoms with E-state index in [1.807, 2.05) is 43.3 Å². The van der Waals surface area contributed by atoms with Crippen LogP contribution in [0.25, 0.3) is 0 Å². The number of amides is 1. The second-order valence-electron chi connectivity index (χ2n) is 6.71. The van der Waals surface area contributed by atoms with Gasteiger partial charge in [-0.3, -0.25) is 4.79 Å². The van der Waals surface area contributed by atoms with Gasteiger partial charge in [0.1, 0.15) is 0 Å². The van der Waals surface area contributed by atoms with E-state index in [0.717, 1.165) is 37.6 Å². The van der Waals surface area contributed by atoms with Crippen LogP contribution in [-0.4, -0.2) is 57.0 Å². The largest absolute Gasteiger partial charge is 0.357 e. The molecular weight excluding hydrogens is 370 g/mol. The van der Waals surface area contributed by atoms with E-state index in [2.05, 4.69) is 45.4 Å². The van der Waals surface area contributed by atoms with Crippen molar-refractivity contribution in [1.82, 2.24) is 20.9 Å². The van der Waals surface area contributed by atoms with Crippen molar-refractivity contribution in [2.75, 3.05) is 40.3 Å². The number of rotatable bonds is 10. The molecule has 0 saturated carbocycles. The molecule has 1 amide bonds. The van der Waals surface area contributed by atoms with Gasteiger partial charge in [0, 0.05) is 36.6 Å². The highest BCUT2D eigenvalue weighted by Crippen LogP contribution is 2.08. The summed E-state index contributed by atoms with van der Waals surface area (Å²) in [6.07, 6.45) is 0.977. The highest BCUT2D eigenvalue weighted by Gasteiger charge is 2.06. The number of guanidine groups is 1. The fourth-order valence-electron chi connectivity index (χ4n) is 2.58. The predicted molar refractivity (Wildman–Crippen MR) is 118 cm³/mol. The van der Waals surface area contributed by atoms with Crippen LogP contribution in [0, 0.1) is 0 Å². The van der Waals surface area contributed by atoms with E-state index < -0.39 is 0 Å². The summed E-state index contributed by atoms with van der Waals surface area (Å²) in [7, 11) is 3.97. The Balaban J connectivity index is 1.89. The van der Waals surface area contributed by atoms with Crippen LogP contribution in [0.3, 0.4) is 0 Å². The molecule has 2 aromatic rings. The SMILES string of the molecule is CCNC(=NCc1cccc(C(=O)NCCN(C)C)c1)NCCc1cccs1. The number of aliphatic imine (C=N–C) groups is 1. The smallest absolute Gasteiger partial charge is 0.251 e. The number of carbonyl (C=O) groups is 1. The number of hydrogen-bond donors (Lipinski definition) is 3. The van der Waals surface area contributed by atoms with Crippen LogP contribution in [0.15, 0.2) is 46.8 Å². The zero-order valence-corrected chi connectivity index (χ0v) is 17.8. The van der Waals surface area contributed by atoms with Gasteiger partial charge in [-0.2, -0.15) is 0 Å².